The van der Waals surface area contributed by atoms with Crippen LogP contribution in [-0.4, -0.2) is 29.1 Å². The molecule has 0 saturated heterocycles. The number of aliphatic imine (C=N–C) groups is 1. The third-order valence-corrected chi connectivity index (χ3v) is 6.47. The Balaban J connectivity index is 1.69. The summed E-state index contributed by atoms with van der Waals surface area (Å²) in [5, 5.41) is 5.41. The van der Waals surface area contributed by atoms with E-state index in [0.717, 1.165) is 22.0 Å². The van der Waals surface area contributed by atoms with Gasteiger partial charge in [0.25, 0.3) is 0 Å². The molecule has 2 aliphatic heterocycles. The fourth-order valence-electron chi connectivity index (χ4n) is 4.00. The second-order valence-corrected chi connectivity index (χ2v) is 8.52. The molecule has 0 spiro atoms. The van der Waals surface area contributed by atoms with Gasteiger partial charge in [-0.25, -0.2) is 14.2 Å². The maximum Gasteiger partial charge on any atom is 0.338 e. The van der Waals surface area contributed by atoms with Gasteiger partial charge in [-0.2, -0.15) is 0 Å². The zero-order chi connectivity index (χ0) is 23.5. The number of benzene rings is 2. The van der Waals surface area contributed by atoms with E-state index in [1.807, 2.05) is 48.4 Å². The van der Waals surface area contributed by atoms with Gasteiger partial charge in [0.05, 0.1) is 30.8 Å². The van der Waals surface area contributed by atoms with Crippen molar-refractivity contribution in [2.24, 2.45) is 4.99 Å². The predicted octanol–water partition coefficient (Wildman–Crippen LogP) is 5.30. The Morgan fingerprint density at radius 1 is 1.18 bits per heavy atom. The van der Waals surface area contributed by atoms with Crippen molar-refractivity contribution in [2.75, 3.05) is 12.4 Å². The van der Waals surface area contributed by atoms with Crippen LogP contribution in [0.5, 0.6) is 0 Å². The number of anilines is 1. The Bertz CT molecular complexity index is 1190. The summed E-state index contributed by atoms with van der Waals surface area (Å²) < 4.78 is 18.3. The molecule has 0 aliphatic carbocycles. The molecule has 1 atom stereocenters. The SMILES string of the molecule is CCC1=C(C(=O)OC)[C@H](c2ccccc2C)N2C(CC(=O)Nc3ccc(F)cc3)=CSC2=N1. The normalized spacial score (nSPS) is 17.3. The highest BCUT2D eigenvalue weighted by atomic mass is 32.2. The lowest BCUT2D eigenvalue weighted by molar-refractivity contribution is -0.136. The largest absolute Gasteiger partial charge is 0.466 e. The van der Waals surface area contributed by atoms with Gasteiger partial charge in [-0.15, -0.1) is 0 Å². The first-order chi connectivity index (χ1) is 15.9. The molecule has 0 radical (unpaired) electrons. The smallest absolute Gasteiger partial charge is 0.338 e. The average Bonchev–Trinajstić information content (AvgIpc) is 3.21. The van der Waals surface area contributed by atoms with Crippen molar-refractivity contribution >= 4 is 34.5 Å². The van der Waals surface area contributed by atoms with Crippen molar-refractivity contribution in [3.05, 3.63) is 87.9 Å². The standard InChI is InChI=1S/C25H24FN3O3S/c1-4-20-22(24(31)32-3)23(19-8-6-5-7-15(19)2)29-18(14-33-25(29)28-20)13-21(30)27-17-11-9-16(26)10-12-17/h5-12,14,23H,4,13H2,1-3H3,(H,27,30)/t23-/m0/s1. The summed E-state index contributed by atoms with van der Waals surface area (Å²) in [7, 11) is 1.36. The van der Waals surface area contributed by atoms with Gasteiger partial charge >= 0.3 is 5.97 Å². The Kier molecular flexibility index (Phi) is 6.65. The zero-order valence-corrected chi connectivity index (χ0v) is 19.4. The van der Waals surface area contributed by atoms with Gasteiger partial charge in [0.1, 0.15) is 5.82 Å². The van der Waals surface area contributed by atoms with Crippen LogP contribution in [0.25, 0.3) is 0 Å². The molecule has 2 aliphatic rings. The van der Waals surface area contributed by atoms with E-state index < -0.39 is 12.0 Å². The van der Waals surface area contributed by atoms with Gasteiger partial charge in [0.15, 0.2) is 5.17 Å². The molecule has 0 fully saturated rings. The molecule has 6 nitrogen and oxygen atoms in total. The number of carbonyl (C=O) groups is 2. The number of thioether (sulfide) groups is 1. The first kappa shape index (κ1) is 22.8. The lowest BCUT2D eigenvalue weighted by atomic mass is 9.90. The average molecular weight is 466 g/mol. The minimum Gasteiger partial charge on any atom is -0.466 e. The summed E-state index contributed by atoms with van der Waals surface area (Å²) >= 11 is 1.43. The minimum absolute atomic E-state index is 0.0711. The highest BCUT2D eigenvalue weighted by molar-refractivity contribution is 8.16. The molecule has 0 saturated carbocycles. The van der Waals surface area contributed by atoms with Crippen LogP contribution >= 0.6 is 11.8 Å². The quantitative estimate of drug-likeness (QED) is 0.586. The molecule has 1 amide bonds. The van der Waals surface area contributed by atoms with E-state index in [4.69, 9.17) is 9.73 Å². The number of allylic oxidation sites excluding steroid dienone is 1. The molecule has 0 bridgehead atoms. The molecule has 2 aromatic carbocycles. The lowest BCUT2D eigenvalue weighted by Crippen LogP contribution is -2.37. The van der Waals surface area contributed by atoms with Crippen LogP contribution in [0.15, 0.2) is 75.9 Å². The number of nitrogens with zero attached hydrogens (tertiary/aromatic N) is 2. The number of amides is 1. The number of ether oxygens (including phenoxy) is 1. The highest BCUT2D eigenvalue weighted by Gasteiger charge is 2.41. The summed E-state index contributed by atoms with van der Waals surface area (Å²) in [5.74, 6) is -1.05. The van der Waals surface area contributed by atoms with Crippen LogP contribution in [0.2, 0.25) is 0 Å². The number of hydrogen-bond donors (Lipinski definition) is 1. The topological polar surface area (TPSA) is 71.0 Å². The van der Waals surface area contributed by atoms with Crippen molar-refractivity contribution in [1.29, 1.82) is 0 Å². The van der Waals surface area contributed by atoms with Gasteiger partial charge in [0, 0.05) is 11.4 Å². The Labute approximate surface area is 196 Å². The number of carbonyl (C=O) groups excluding carboxylic acids is 2. The molecule has 1 N–H and O–H groups in total. The number of rotatable bonds is 6. The molecule has 2 aromatic rings. The molecule has 8 heteroatoms. The first-order valence-corrected chi connectivity index (χ1v) is 11.5. The molecular weight excluding hydrogens is 441 g/mol. The number of fused-ring (bicyclic) bond motifs is 1. The molecule has 170 valence electrons. The maximum atomic E-state index is 13.2. The monoisotopic (exact) mass is 465 g/mol. The molecule has 0 unspecified atom stereocenters. The minimum atomic E-state index is -0.457. The molecular formula is C25H24FN3O3S. The van der Waals surface area contributed by atoms with Crippen molar-refractivity contribution in [1.82, 2.24) is 4.90 Å². The van der Waals surface area contributed by atoms with Crippen molar-refractivity contribution in [3.8, 4) is 0 Å². The second kappa shape index (κ2) is 9.62. The first-order valence-electron chi connectivity index (χ1n) is 10.6. The summed E-state index contributed by atoms with van der Waals surface area (Å²) in [6.07, 6.45) is 0.646. The number of nitrogens with one attached hydrogen (secondary N) is 1. The van der Waals surface area contributed by atoms with Crippen LogP contribution in [0.3, 0.4) is 0 Å². The van der Waals surface area contributed by atoms with Gasteiger partial charge in [-0.3, -0.25) is 4.79 Å². The number of aryl methyl sites for hydroxylation is 1. The van der Waals surface area contributed by atoms with Gasteiger partial charge in [0.2, 0.25) is 5.91 Å². The maximum absolute atomic E-state index is 13.2. The summed E-state index contributed by atoms with van der Waals surface area (Å²) in [6, 6.07) is 13.0. The van der Waals surface area contributed by atoms with E-state index >= 15 is 0 Å². The number of esters is 1. The zero-order valence-electron chi connectivity index (χ0n) is 18.6. The Morgan fingerprint density at radius 2 is 1.91 bits per heavy atom. The van der Waals surface area contributed by atoms with E-state index in [-0.39, 0.29) is 18.1 Å². The second-order valence-electron chi connectivity index (χ2n) is 7.69. The molecule has 33 heavy (non-hydrogen) atoms. The summed E-state index contributed by atoms with van der Waals surface area (Å²) in [4.78, 5) is 32.4. The van der Waals surface area contributed by atoms with Crippen LogP contribution in [0, 0.1) is 12.7 Å². The van der Waals surface area contributed by atoms with E-state index in [0.29, 0.717) is 23.4 Å². The Morgan fingerprint density at radius 3 is 2.58 bits per heavy atom. The van der Waals surface area contributed by atoms with E-state index in [1.54, 1.807) is 0 Å². The lowest BCUT2D eigenvalue weighted by Gasteiger charge is -2.37. The van der Waals surface area contributed by atoms with Gasteiger partial charge in [-0.1, -0.05) is 43.0 Å². The fourth-order valence-corrected chi connectivity index (χ4v) is 4.94. The Hall–Kier alpha value is -3.39. The van der Waals surface area contributed by atoms with Crippen molar-refractivity contribution < 1.29 is 18.7 Å². The molecule has 2 heterocycles. The van der Waals surface area contributed by atoms with E-state index in [9.17, 15) is 14.0 Å². The number of methoxy groups -OCH3 is 1. The fraction of sp³-hybridized carbons (Fsp3) is 0.240. The third kappa shape index (κ3) is 4.57. The summed E-state index contributed by atoms with van der Waals surface area (Å²) in [6.45, 7) is 3.95. The number of hydrogen-bond acceptors (Lipinski definition) is 6. The van der Waals surface area contributed by atoms with E-state index in [2.05, 4.69) is 5.32 Å². The summed E-state index contributed by atoms with van der Waals surface area (Å²) in [5.41, 5.74) is 4.36. The predicted molar refractivity (Wildman–Crippen MR) is 128 cm³/mol. The van der Waals surface area contributed by atoms with Crippen molar-refractivity contribution in [2.45, 2.75) is 32.7 Å². The van der Waals surface area contributed by atoms with Crippen molar-refractivity contribution in [3.63, 3.8) is 0 Å². The van der Waals surface area contributed by atoms with Crippen LogP contribution in [-0.2, 0) is 14.3 Å². The van der Waals surface area contributed by atoms with Gasteiger partial charge in [-0.05, 0) is 54.1 Å². The van der Waals surface area contributed by atoms with E-state index in [1.165, 1.54) is 43.1 Å². The molecule has 0 aromatic heterocycles. The highest BCUT2D eigenvalue weighted by Crippen LogP contribution is 2.46. The molecule has 4 rings (SSSR count). The number of halogens is 1. The van der Waals surface area contributed by atoms with Crippen LogP contribution in [0.4, 0.5) is 10.1 Å². The van der Waals surface area contributed by atoms with Crippen LogP contribution in [0.1, 0.15) is 36.9 Å². The van der Waals surface area contributed by atoms with Crippen LogP contribution < -0.4 is 5.32 Å². The number of amidine groups is 1. The third-order valence-electron chi connectivity index (χ3n) is 5.58. The van der Waals surface area contributed by atoms with Gasteiger partial charge < -0.3 is 15.0 Å².